The van der Waals surface area contributed by atoms with Gasteiger partial charge in [-0.05, 0) is 40.0 Å². The maximum atomic E-state index is 11.6. The van der Waals surface area contributed by atoms with Gasteiger partial charge in [-0.1, -0.05) is 6.92 Å². The first-order valence-electron chi connectivity index (χ1n) is 6.24. The monoisotopic (exact) mass is 366 g/mol. The van der Waals surface area contributed by atoms with Gasteiger partial charge in [0.05, 0.1) is 29.7 Å². The maximum Gasteiger partial charge on any atom is 0.175 e. The maximum absolute atomic E-state index is 11.6. The van der Waals surface area contributed by atoms with Crippen LogP contribution in [-0.4, -0.2) is 38.7 Å². The third-order valence-corrected chi connectivity index (χ3v) is 5.04. The van der Waals surface area contributed by atoms with Crippen LogP contribution in [0.5, 0.6) is 11.5 Å². The zero-order valence-corrected chi connectivity index (χ0v) is 14.0. The second-order valence-electron chi connectivity index (χ2n) is 4.27. The fourth-order valence-corrected chi connectivity index (χ4v) is 3.46. The lowest BCUT2D eigenvalue weighted by Crippen LogP contribution is -2.17. The van der Waals surface area contributed by atoms with Gasteiger partial charge in [0.15, 0.2) is 21.3 Å². The molecule has 0 aliphatic rings. The zero-order valence-electron chi connectivity index (χ0n) is 11.6. The molecule has 0 aliphatic heterocycles. The molecule has 0 aliphatic carbocycles. The van der Waals surface area contributed by atoms with Crippen molar-refractivity contribution in [1.29, 1.82) is 0 Å². The Bertz CT molecular complexity index is 542. The summed E-state index contributed by atoms with van der Waals surface area (Å²) in [6, 6.07) is 3.36. The number of halogens is 1. The van der Waals surface area contributed by atoms with Gasteiger partial charge in [0, 0.05) is 0 Å². The van der Waals surface area contributed by atoms with Gasteiger partial charge in [0.1, 0.15) is 6.61 Å². The molecular weight excluding hydrogens is 348 g/mol. The summed E-state index contributed by atoms with van der Waals surface area (Å²) in [6.07, 6.45) is 0.598. The van der Waals surface area contributed by atoms with Crippen molar-refractivity contribution in [1.82, 2.24) is 0 Å². The normalized spacial score (nSPS) is 11.4. The number of aliphatic hydroxyl groups is 1. The van der Waals surface area contributed by atoms with Crippen molar-refractivity contribution in [3.63, 3.8) is 0 Å². The highest BCUT2D eigenvalue weighted by Gasteiger charge is 2.14. The molecule has 5 nitrogen and oxygen atoms in total. The summed E-state index contributed by atoms with van der Waals surface area (Å²) in [7, 11) is -1.58. The van der Waals surface area contributed by atoms with Crippen molar-refractivity contribution >= 4 is 25.8 Å². The van der Waals surface area contributed by atoms with Gasteiger partial charge >= 0.3 is 0 Å². The topological polar surface area (TPSA) is 72.8 Å². The van der Waals surface area contributed by atoms with E-state index in [9.17, 15) is 8.42 Å². The molecule has 114 valence electrons. The fourth-order valence-electron chi connectivity index (χ4n) is 1.69. The molecule has 0 fully saturated rings. The molecule has 1 aromatic carbocycles. The first-order valence-corrected chi connectivity index (χ1v) is 8.85. The van der Waals surface area contributed by atoms with Crippen molar-refractivity contribution < 1.29 is 23.0 Å². The van der Waals surface area contributed by atoms with E-state index < -0.39 is 9.84 Å². The summed E-state index contributed by atoms with van der Waals surface area (Å²) in [4.78, 5) is 0. The van der Waals surface area contributed by atoms with Crippen LogP contribution in [-0.2, 0) is 16.4 Å². The van der Waals surface area contributed by atoms with E-state index in [1.54, 1.807) is 12.1 Å². The Balaban J connectivity index is 2.78. The number of aliphatic hydroxyl groups excluding tert-OH is 1. The standard InChI is InChI=1S/C13H19BrO5S/c1-3-5-20(16,17)6-4-19-13-11(14)7-10(9-15)8-12(13)18-2/h7-8,15H,3-6,9H2,1-2H3. The summed E-state index contributed by atoms with van der Waals surface area (Å²) < 4.78 is 34.5. The number of ether oxygens (including phenoxy) is 2. The van der Waals surface area contributed by atoms with Crippen LogP contribution in [0.4, 0.5) is 0 Å². The van der Waals surface area contributed by atoms with Crippen LogP contribution in [0, 0.1) is 0 Å². The van der Waals surface area contributed by atoms with Gasteiger partial charge in [-0.15, -0.1) is 0 Å². The fraction of sp³-hybridized carbons (Fsp3) is 0.538. The lowest BCUT2D eigenvalue weighted by Gasteiger charge is -2.14. The molecule has 0 atom stereocenters. The molecule has 1 aromatic rings. The van der Waals surface area contributed by atoms with Crippen molar-refractivity contribution in [2.75, 3.05) is 25.2 Å². The van der Waals surface area contributed by atoms with E-state index in [2.05, 4.69) is 15.9 Å². The number of rotatable bonds is 8. The molecule has 0 saturated carbocycles. The van der Waals surface area contributed by atoms with Crippen LogP contribution in [0.15, 0.2) is 16.6 Å². The van der Waals surface area contributed by atoms with Crippen molar-refractivity contribution in [2.45, 2.75) is 20.0 Å². The van der Waals surface area contributed by atoms with Crippen LogP contribution < -0.4 is 9.47 Å². The van der Waals surface area contributed by atoms with Crippen LogP contribution in [0.3, 0.4) is 0 Å². The van der Waals surface area contributed by atoms with Crippen molar-refractivity contribution in [3.8, 4) is 11.5 Å². The second-order valence-corrected chi connectivity index (χ2v) is 7.43. The third-order valence-electron chi connectivity index (χ3n) is 2.63. The summed E-state index contributed by atoms with van der Waals surface area (Å²) in [5.74, 6) is 1.03. The van der Waals surface area contributed by atoms with E-state index in [4.69, 9.17) is 14.6 Å². The highest BCUT2D eigenvalue weighted by atomic mass is 79.9. The third kappa shape index (κ3) is 4.96. The van der Waals surface area contributed by atoms with Gasteiger partial charge in [-0.25, -0.2) is 8.42 Å². The number of hydrogen-bond donors (Lipinski definition) is 1. The van der Waals surface area contributed by atoms with E-state index in [1.807, 2.05) is 6.92 Å². The molecule has 1 N–H and O–H groups in total. The largest absolute Gasteiger partial charge is 0.493 e. The smallest absolute Gasteiger partial charge is 0.175 e. The van der Waals surface area contributed by atoms with E-state index in [-0.39, 0.29) is 24.7 Å². The number of hydrogen-bond acceptors (Lipinski definition) is 5. The minimum atomic E-state index is -3.07. The Kier molecular flexibility index (Phi) is 6.78. The van der Waals surface area contributed by atoms with Crippen molar-refractivity contribution in [2.24, 2.45) is 0 Å². The number of benzene rings is 1. The Morgan fingerprint density at radius 1 is 1.30 bits per heavy atom. The average Bonchev–Trinajstić information content (AvgIpc) is 2.39. The predicted molar refractivity (Wildman–Crippen MR) is 81.1 cm³/mol. The van der Waals surface area contributed by atoms with Crippen LogP contribution in [0.2, 0.25) is 0 Å². The van der Waals surface area contributed by atoms with E-state index in [1.165, 1.54) is 7.11 Å². The summed E-state index contributed by atoms with van der Waals surface area (Å²) >= 11 is 3.33. The molecule has 0 saturated heterocycles. The van der Waals surface area contributed by atoms with Gasteiger partial charge in [0.2, 0.25) is 0 Å². The summed E-state index contributed by atoms with van der Waals surface area (Å²) in [5.41, 5.74) is 0.680. The summed E-state index contributed by atoms with van der Waals surface area (Å²) in [5, 5.41) is 9.12. The molecule has 0 heterocycles. The van der Waals surface area contributed by atoms with Gasteiger partial charge in [-0.2, -0.15) is 0 Å². The minimum Gasteiger partial charge on any atom is -0.493 e. The highest BCUT2D eigenvalue weighted by molar-refractivity contribution is 9.10. The first kappa shape index (κ1) is 17.3. The number of methoxy groups -OCH3 is 1. The van der Waals surface area contributed by atoms with E-state index >= 15 is 0 Å². The van der Waals surface area contributed by atoms with E-state index in [0.29, 0.717) is 28.0 Å². The lowest BCUT2D eigenvalue weighted by atomic mass is 10.2. The lowest BCUT2D eigenvalue weighted by molar-refractivity contribution is 0.278. The van der Waals surface area contributed by atoms with Gasteiger partial charge in [0.25, 0.3) is 0 Å². The van der Waals surface area contributed by atoms with Crippen LogP contribution >= 0.6 is 15.9 Å². The summed E-state index contributed by atoms with van der Waals surface area (Å²) in [6.45, 7) is 1.78. The predicted octanol–water partition coefficient (Wildman–Crippen LogP) is 2.15. The quantitative estimate of drug-likeness (QED) is 0.762. The molecule has 20 heavy (non-hydrogen) atoms. The molecule has 0 unspecified atom stereocenters. The molecular formula is C13H19BrO5S. The van der Waals surface area contributed by atoms with E-state index in [0.717, 1.165) is 0 Å². The van der Waals surface area contributed by atoms with Crippen molar-refractivity contribution in [3.05, 3.63) is 22.2 Å². The Morgan fingerprint density at radius 3 is 2.55 bits per heavy atom. The Hall–Kier alpha value is -0.790. The zero-order chi connectivity index (χ0) is 15.2. The highest BCUT2D eigenvalue weighted by Crippen LogP contribution is 2.36. The SMILES string of the molecule is CCCS(=O)(=O)CCOc1c(Br)cc(CO)cc1OC. The minimum absolute atomic E-state index is 0.0296. The molecule has 0 amide bonds. The van der Waals surface area contributed by atoms with Crippen LogP contribution in [0.1, 0.15) is 18.9 Å². The molecule has 0 aromatic heterocycles. The number of sulfone groups is 1. The Labute approximate surface area is 128 Å². The second kappa shape index (κ2) is 7.85. The molecule has 0 bridgehead atoms. The average molecular weight is 367 g/mol. The molecule has 1 rings (SSSR count). The Morgan fingerprint density at radius 2 is 2.00 bits per heavy atom. The van der Waals surface area contributed by atoms with Gasteiger partial charge in [-0.3, -0.25) is 0 Å². The van der Waals surface area contributed by atoms with Crippen LogP contribution in [0.25, 0.3) is 0 Å². The molecule has 0 radical (unpaired) electrons. The molecule has 7 heteroatoms. The van der Waals surface area contributed by atoms with Gasteiger partial charge < -0.3 is 14.6 Å². The first-order chi connectivity index (χ1) is 9.43. The molecule has 0 spiro atoms.